The van der Waals surface area contributed by atoms with Crippen molar-refractivity contribution in [2.24, 2.45) is 10.1 Å². The smallest absolute Gasteiger partial charge is 0.276 e. The van der Waals surface area contributed by atoms with Crippen LogP contribution in [0.25, 0.3) is 5.70 Å². The van der Waals surface area contributed by atoms with Crippen LogP contribution in [-0.4, -0.2) is 21.8 Å². The molecule has 154 valence electrons. The van der Waals surface area contributed by atoms with Crippen molar-refractivity contribution in [2.45, 2.75) is 13.1 Å². The fourth-order valence-corrected chi connectivity index (χ4v) is 4.19. The maximum absolute atomic E-state index is 13.0. The number of nitrogens with one attached hydrogen (secondary N) is 1. The van der Waals surface area contributed by atoms with E-state index in [1.54, 1.807) is 5.01 Å². The minimum Gasteiger partial charge on any atom is -0.457 e. The average Bonchev–Trinajstić information content (AvgIpc) is 2.79. The second-order valence-electron chi connectivity index (χ2n) is 6.99. The summed E-state index contributed by atoms with van der Waals surface area (Å²) in [5.74, 6) is 2.10. The molecule has 0 aliphatic carbocycles. The fourth-order valence-electron chi connectivity index (χ4n) is 3.61. The van der Waals surface area contributed by atoms with E-state index in [0.29, 0.717) is 16.6 Å². The monoisotopic (exact) mass is 428 g/mol. The molecule has 0 bridgehead atoms. The molecule has 3 aromatic carbocycles. The van der Waals surface area contributed by atoms with Crippen molar-refractivity contribution in [3.05, 3.63) is 95.0 Å². The zero-order valence-electron chi connectivity index (χ0n) is 16.9. The normalized spacial score (nSPS) is 17.1. The molecule has 5 rings (SSSR count). The summed E-state index contributed by atoms with van der Waals surface area (Å²) >= 11 is 1.49. The number of hydrogen-bond acceptors (Lipinski definition) is 6. The van der Waals surface area contributed by atoms with E-state index in [1.807, 2.05) is 85.8 Å². The zero-order chi connectivity index (χ0) is 21.2. The van der Waals surface area contributed by atoms with Crippen LogP contribution in [0.15, 0.2) is 89.0 Å². The standard InChI is InChI=1S/C24H20N4O2S/c1-2-31-24-26-23(29)21-19-13-6-7-14-20(19)25-22(28(21)27-24)16-9-8-12-18(15-16)30-17-10-4-3-5-11-17/h3-15,22H,2H2,1H3,(H,26,27,29)/t22-/m0/s1. The van der Waals surface area contributed by atoms with Gasteiger partial charge in [0.05, 0.1) is 5.36 Å². The summed E-state index contributed by atoms with van der Waals surface area (Å²) in [4.78, 5) is 17.9. The highest BCUT2D eigenvalue weighted by molar-refractivity contribution is 8.13. The van der Waals surface area contributed by atoms with Gasteiger partial charge >= 0.3 is 0 Å². The van der Waals surface area contributed by atoms with E-state index in [-0.39, 0.29) is 5.91 Å². The molecule has 0 spiro atoms. The predicted octanol–water partition coefficient (Wildman–Crippen LogP) is 3.38. The average molecular weight is 429 g/mol. The van der Waals surface area contributed by atoms with E-state index in [9.17, 15) is 4.79 Å². The molecule has 1 N–H and O–H groups in total. The van der Waals surface area contributed by atoms with Crippen LogP contribution in [0.2, 0.25) is 0 Å². The first-order chi connectivity index (χ1) is 15.2. The van der Waals surface area contributed by atoms with E-state index in [2.05, 4.69) is 5.32 Å². The van der Waals surface area contributed by atoms with E-state index in [0.717, 1.165) is 27.6 Å². The zero-order valence-corrected chi connectivity index (χ0v) is 17.7. The molecular weight excluding hydrogens is 408 g/mol. The summed E-state index contributed by atoms with van der Waals surface area (Å²) in [6.45, 7) is 2.02. The number of carbonyl (C=O) groups is 1. The summed E-state index contributed by atoms with van der Waals surface area (Å²) in [5, 5.41) is 11.5. The molecule has 0 saturated heterocycles. The third-order valence-electron chi connectivity index (χ3n) is 4.93. The van der Waals surface area contributed by atoms with Gasteiger partial charge in [-0.1, -0.05) is 67.2 Å². The summed E-state index contributed by atoms with van der Waals surface area (Å²) in [6, 6.07) is 25.0. The van der Waals surface area contributed by atoms with Crippen LogP contribution in [0.1, 0.15) is 18.7 Å². The molecular formula is C24H20N4O2S. The second-order valence-corrected chi connectivity index (χ2v) is 8.25. The van der Waals surface area contributed by atoms with Crippen LogP contribution < -0.4 is 20.6 Å². The maximum Gasteiger partial charge on any atom is 0.276 e. The Morgan fingerprint density at radius 1 is 1.00 bits per heavy atom. The van der Waals surface area contributed by atoms with Gasteiger partial charge in [0.15, 0.2) is 11.3 Å². The van der Waals surface area contributed by atoms with Crippen LogP contribution in [0.4, 0.5) is 0 Å². The topological polar surface area (TPSA) is 66.3 Å². The first kappa shape index (κ1) is 19.4. The lowest BCUT2D eigenvalue weighted by Gasteiger charge is -2.34. The third kappa shape index (κ3) is 3.80. The number of rotatable bonds is 4. The minimum atomic E-state index is -0.470. The van der Waals surface area contributed by atoms with Crippen LogP contribution in [0.3, 0.4) is 0 Å². The van der Waals surface area contributed by atoms with Crippen LogP contribution in [-0.2, 0) is 4.79 Å². The van der Waals surface area contributed by atoms with Gasteiger partial charge in [-0.2, -0.15) is 0 Å². The van der Waals surface area contributed by atoms with Crippen molar-refractivity contribution >= 4 is 28.5 Å². The van der Waals surface area contributed by atoms with Crippen molar-refractivity contribution in [3.63, 3.8) is 0 Å². The molecule has 3 aromatic rings. The Balaban J connectivity index is 1.60. The second kappa shape index (κ2) is 8.28. The van der Waals surface area contributed by atoms with Crippen molar-refractivity contribution in [2.75, 3.05) is 5.75 Å². The minimum absolute atomic E-state index is 0.171. The van der Waals surface area contributed by atoms with Crippen LogP contribution >= 0.6 is 11.8 Å². The summed E-state index contributed by atoms with van der Waals surface area (Å²) in [6.07, 6.45) is -0.470. The Bertz CT molecular complexity index is 1290. The van der Waals surface area contributed by atoms with Crippen molar-refractivity contribution < 1.29 is 9.53 Å². The summed E-state index contributed by atoms with van der Waals surface area (Å²) in [7, 11) is 0. The van der Waals surface area contributed by atoms with E-state index < -0.39 is 6.17 Å². The number of hydrazone groups is 1. The van der Waals surface area contributed by atoms with Gasteiger partial charge in [-0.3, -0.25) is 15.1 Å². The lowest BCUT2D eigenvalue weighted by Crippen LogP contribution is -2.50. The highest BCUT2D eigenvalue weighted by atomic mass is 32.2. The number of nitrogens with zero attached hydrogens (tertiary/aromatic N) is 3. The van der Waals surface area contributed by atoms with Crippen LogP contribution in [0, 0.1) is 0 Å². The molecule has 2 aliphatic heterocycles. The molecule has 1 amide bonds. The molecule has 0 radical (unpaired) electrons. The molecule has 0 fully saturated rings. The van der Waals surface area contributed by atoms with Crippen molar-refractivity contribution in [1.29, 1.82) is 0 Å². The molecule has 0 aromatic heterocycles. The van der Waals surface area contributed by atoms with Gasteiger partial charge in [0.25, 0.3) is 5.91 Å². The highest BCUT2D eigenvalue weighted by Gasteiger charge is 2.34. The largest absolute Gasteiger partial charge is 0.457 e. The number of hydrogen-bond donors (Lipinski definition) is 1. The first-order valence-corrected chi connectivity index (χ1v) is 11.0. The fraction of sp³-hybridized carbons (Fsp3) is 0.125. The van der Waals surface area contributed by atoms with E-state index in [1.165, 1.54) is 11.8 Å². The number of carbonyl (C=O) groups excluding carboxylic acids is 1. The van der Waals surface area contributed by atoms with Gasteiger partial charge in [0, 0.05) is 10.8 Å². The Hall–Kier alpha value is -3.58. The number of amides is 1. The van der Waals surface area contributed by atoms with Gasteiger partial charge < -0.3 is 4.74 Å². The Morgan fingerprint density at radius 2 is 1.77 bits per heavy atom. The number of thioether (sulfide) groups is 1. The molecule has 0 unspecified atom stereocenters. The third-order valence-corrected chi connectivity index (χ3v) is 5.68. The van der Waals surface area contributed by atoms with Gasteiger partial charge in [0.1, 0.15) is 17.2 Å². The summed E-state index contributed by atoms with van der Waals surface area (Å²) in [5.41, 5.74) is 1.39. The van der Waals surface area contributed by atoms with Gasteiger partial charge in [-0.25, -0.2) is 5.01 Å². The Morgan fingerprint density at radius 3 is 2.61 bits per heavy atom. The van der Waals surface area contributed by atoms with Crippen molar-refractivity contribution in [1.82, 2.24) is 10.3 Å². The number of amidine groups is 1. The molecule has 2 heterocycles. The molecule has 6 nitrogen and oxygen atoms in total. The van der Waals surface area contributed by atoms with Gasteiger partial charge in [-0.05, 0) is 36.1 Å². The Kier molecular flexibility index (Phi) is 5.18. The number of ether oxygens (including phenoxy) is 1. The SMILES string of the molecule is CCSC1=NN2C(=c3ccccc3=N[C@@H]2c2cccc(Oc3ccccc3)c2)C(=O)N1. The molecule has 31 heavy (non-hydrogen) atoms. The number of fused-ring (bicyclic) bond motifs is 2. The molecule has 1 atom stereocenters. The van der Waals surface area contributed by atoms with Crippen LogP contribution in [0.5, 0.6) is 11.5 Å². The lowest BCUT2D eigenvalue weighted by molar-refractivity contribution is -0.116. The number of benzene rings is 3. The number of para-hydroxylation sites is 2. The molecule has 0 saturated carbocycles. The lowest BCUT2D eigenvalue weighted by atomic mass is 10.1. The predicted molar refractivity (Wildman–Crippen MR) is 122 cm³/mol. The van der Waals surface area contributed by atoms with Gasteiger partial charge in [0.2, 0.25) is 0 Å². The first-order valence-electron chi connectivity index (χ1n) is 10.0. The quantitative estimate of drug-likeness (QED) is 0.692. The highest BCUT2D eigenvalue weighted by Crippen LogP contribution is 2.33. The van der Waals surface area contributed by atoms with Gasteiger partial charge in [-0.15, -0.1) is 5.10 Å². The van der Waals surface area contributed by atoms with E-state index in [4.69, 9.17) is 14.8 Å². The summed E-state index contributed by atoms with van der Waals surface area (Å²) < 4.78 is 6.01. The van der Waals surface area contributed by atoms with Crippen molar-refractivity contribution in [3.8, 4) is 11.5 Å². The molecule has 7 heteroatoms. The Labute approximate surface area is 184 Å². The van der Waals surface area contributed by atoms with E-state index >= 15 is 0 Å². The maximum atomic E-state index is 13.0. The molecule has 2 aliphatic rings.